The van der Waals surface area contributed by atoms with Crippen LogP contribution in [0.5, 0.6) is 0 Å². The molecular weight excluding hydrogens is 294 g/mol. The molecule has 0 saturated carbocycles. The van der Waals surface area contributed by atoms with Crippen LogP contribution in [0, 0.1) is 12.3 Å². The highest BCUT2D eigenvalue weighted by Crippen LogP contribution is 2.45. The average molecular weight is 312 g/mol. The maximum absolute atomic E-state index is 14.2. The molecule has 1 unspecified atom stereocenters. The topological polar surface area (TPSA) is 53.8 Å². The summed E-state index contributed by atoms with van der Waals surface area (Å²) in [6, 6.07) is 1.47. The number of alkyl halides is 2. The van der Waals surface area contributed by atoms with E-state index in [4.69, 9.17) is 4.42 Å². The Labute approximate surface area is 126 Å². The third-order valence-electron chi connectivity index (χ3n) is 4.62. The van der Waals surface area contributed by atoms with Crippen molar-refractivity contribution in [2.24, 2.45) is 5.41 Å². The fraction of sp³-hybridized carbons (Fsp3) is 0.600. The largest absolute Gasteiger partial charge is 0.469 e. The lowest BCUT2D eigenvalue weighted by atomic mass is 9.76. The van der Waals surface area contributed by atoms with Gasteiger partial charge in [0.2, 0.25) is 5.91 Å². The summed E-state index contributed by atoms with van der Waals surface area (Å²) in [7, 11) is 1.61. The smallest absolute Gasteiger partial charge is 0.266 e. The van der Waals surface area contributed by atoms with Crippen molar-refractivity contribution in [3.63, 3.8) is 0 Å². The zero-order chi connectivity index (χ0) is 16.1. The molecule has 0 radical (unpaired) electrons. The third kappa shape index (κ3) is 2.28. The molecule has 2 fully saturated rings. The maximum Gasteiger partial charge on any atom is 0.266 e. The van der Waals surface area contributed by atoms with E-state index in [2.05, 4.69) is 0 Å². The standard InChI is InChI=1S/C15H18F2N2O3/c1-10-11(3-6-22-10)12(20)19-8-14(7-15(16,17)9-19)4-5-18(2)13(14)21/h3,6H,4-5,7-9H2,1-2H3. The predicted octanol–water partition coefficient (Wildman–Crippen LogP) is 1.92. The summed E-state index contributed by atoms with van der Waals surface area (Å²) in [6.45, 7) is 1.44. The van der Waals surface area contributed by atoms with E-state index in [0.29, 0.717) is 18.7 Å². The summed E-state index contributed by atoms with van der Waals surface area (Å²) in [4.78, 5) is 27.4. The summed E-state index contributed by atoms with van der Waals surface area (Å²) < 4.78 is 33.4. The van der Waals surface area contributed by atoms with Crippen LogP contribution in [0.4, 0.5) is 8.78 Å². The number of piperidine rings is 1. The van der Waals surface area contributed by atoms with Crippen LogP contribution in [0.3, 0.4) is 0 Å². The van der Waals surface area contributed by atoms with Gasteiger partial charge in [-0.05, 0) is 19.4 Å². The van der Waals surface area contributed by atoms with Crippen LogP contribution in [0.15, 0.2) is 16.7 Å². The molecule has 0 aromatic carbocycles. The van der Waals surface area contributed by atoms with Gasteiger partial charge in [0, 0.05) is 26.6 Å². The SMILES string of the molecule is Cc1occc1C(=O)N1CC(F)(F)CC2(CCN(C)C2=O)C1. The average Bonchev–Trinajstić information content (AvgIpc) is 2.96. The van der Waals surface area contributed by atoms with Crippen LogP contribution < -0.4 is 0 Å². The minimum atomic E-state index is -3.06. The van der Waals surface area contributed by atoms with Gasteiger partial charge in [0.1, 0.15) is 5.76 Å². The zero-order valence-corrected chi connectivity index (χ0v) is 12.6. The van der Waals surface area contributed by atoms with Crippen molar-refractivity contribution >= 4 is 11.8 Å². The second-order valence-corrected chi connectivity index (χ2v) is 6.34. The molecule has 2 aliphatic heterocycles. The van der Waals surface area contributed by atoms with Gasteiger partial charge in [0.15, 0.2) is 0 Å². The van der Waals surface area contributed by atoms with Gasteiger partial charge in [0.05, 0.1) is 23.8 Å². The number of nitrogens with zero attached hydrogens (tertiary/aromatic N) is 2. The molecule has 3 heterocycles. The highest BCUT2D eigenvalue weighted by molar-refractivity contribution is 5.96. The molecule has 120 valence electrons. The number of halogens is 2. The van der Waals surface area contributed by atoms with Crippen molar-refractivity contribution in [3.8, 4) is 0 Å². The fourth-order valence-electron chi connectivity index (χ4n) is 3.53. The first-order chi connectivity index (χ1) is 10.2. The Hall–Kier alpha value is -1.92. The summed E-state index contributed by atoms with van der Waals surface area (Å²) in [5, 5.41) is 0. The number of carbonyl (C=O) groups excluding carboxylic acids is 2. The predicted molar refractivity (Wildman–Crippen MR) is 73.6 cm³/mol. The molecule has 22 heavy (non-hydrogen) atoms. The first-order valence-corrected chi connectivity index (χ1v) is 7.21. The monoisotopic (exact) mass is 312 g/mol. The quantitative estimate of drug-likeness (QED) is 0.796. The highest BCUT2D eigenvalue weighted by atomic mass is 19.3. The second kappa shape index (κ2) is 4.79. The zero-order valence-electron chi connectivity index (χ0n) is 12.6. The fourth-order valence-corrected chi connectivity index (χ4v) is 3.53. The van der Waals surface area contributed by atoms with Crippen molar-refractivity contribution < 1.29 is 22.8 Å². The van der Waals surface area contributed by atoms with Gasteiger partial charge >= 0.3 is 0 Å². The number of likely N-dealkylation sites (tertiary alicyclic amines) is 2. The molecule has 5 nitrogen and oxygen atoms in total. The van der Waals surface area contributed by atoms with Gasteiger partial charge in [-0.1, -0.05) is 0 Å². The van der Waals surface area contributed by atoms with Gasteiger partial charge in [0.25, 0.3) is 11.8 Å². The van der Waals surface area contributed by atoms with Gasteiger partial charge < -0.3 is 14.2 Å². The molecule has 1 aromatic heterocycles. The van der Waals surface area contributed by atoms with Crippen LogP contribution >= 0.6 is 0 Å². The van der Waals surface area contributed by atoms with Crippen LogP contribution in [-0.4, -0.2) is 54.2 Å². The Morgan fingerprint density at radius 3 is 2.64 bits per heavy atom. The molecule has 7 heteroatoms. The highest BCUT2D eigenvalue weighted by Gasteiger charge is 2.57. The van der Waals surface area contributed by atoms with Crippen molar-refractivity contribution in [1.29, 1.82) is 0 Å². The molecule has 1 atom stereocenters. The van der Waals surface area contributed by atoms with Gasteiger partial charge in [-0.3, -0.25) is 9.59 Å². The minimum Gasteiger partial charge on any atom is -0.469 e. The Morgan fingerprint density at radius 1 is 1.36 bits per heavy atom. The Kier molecular flexibility index (Phi) is 3.27. The van der Waals surface area contributed by atoms with Crippen molar-refractivity contribution in [3.05, 3.63) is 23.7 Å². The molecular formula is C15H18F2N2O3. The summed E-state index contributed by atoms with van der Waals surface area (Å²) in [6.07, 6.45) is 1.22. The number of amides is 2. The lowest BCUT2D eigenvalue weighted by Gasteiger charge is -2.42. The second-order valence-electron chi connectivity index (χ2n) is 6.34. The lowest BCUT2D eigenvalue weighted by molar-refractivity contribution is -0.150. The number of furan rings is 1. The van der Waals surface area contributed by atoms with Crippen LogP contribution in [0.2, 0.25) is 0 Å². The molecule has 3 rings (SSSR count). The molecule has 2 aliphatic rings. The first-order valence-electron chi connectivity index (χ1n) is 7.21. The van der Waals surface area contributed by atoms with Gasteiger partial charge in [-0.15, -0.1) is 0 Å². The number of carbonyl (C=O) groups is 2. The number of rotatable bonds is 1. The van der Waals surface area contributed by atoms with Crippen LogP contribution in [0.25, 0.3) is 0 Å². The summed E-state index contributed by atoms with van der Waals surface area (Å²) in [5.74, 6) is -3.48. The Bertz CT molecular complexity index is 628. The summed E-state index contributed by atoms with van der Waals surface area (Å²) in [5.41, 5.74) is -0.893. The van der Waals surface area contributed by atoms with E-state index in [1.54, 1.807) is 14.0 Å². The van der Waals surface area contributed by atoms with Crippen molar-refractivity contribution in [1.82, 2.24) is 9.80 Å². The van der Waals surface area contributed by atoms with E-state index in [-0.39, 0.29) is 18.0 Å². The number of aryl methyl sites for hydroxylation is 1. The van der Waals surface area contributed by atoms with E-state index in [1.807, 2.05) is 0 Å². The minimum absolute atomic E-state index is 0.0369. The van der Waals surface area contributed by atoms with E-state index in [9.17, 15) is 18.4 Å². The van der Waals surface area contributed by atoms with Crippen molar-refractivity contribution in [2.45, 2.75) is 25.7 Å². The molecule has 0 N–H and O–H groups in total. The molecule has 2 saturated heterocycles. The maximum atomic E-state index is 14.2. The van der Waals surface area contributed by atoms with Crippen LogP contribution in [-0.2, 0) is 4.79 Å². The van der Waals surface area contributed by atoms with E-state index >= 15 is 0 Å². The van der Waals surface area contributed by atoms with E-state index < -0.39 is 30.2 Å². The first kappa shape index (κ1) is 15.0. The van der Waals surface area contributed by atoms with E-state index in [1.165, 1.54) is 17.2 Å². The van der Waals surface area contributed by atoms with Crippen LogP contribution in [0.1, 0.15) is 29.0 Å². The molecule has 1 spiro atoms. The normalized spacial score (nSPS) is 27.7. The number of hydrogen-bond acceptors (Lipinski definition) is 3. The Balaban J connectivity index is 1.91. The Morgan fingerprint density at radius 2 is 2.09 bits per heavy atom. The van der Waals surface area contributed by atoms with Crippen molar-refractivity contribution in [2.75, 3.05) is 26.7 Å². The van der Waals surface area contributed by atoms with Gasteiger partial charge in [-0.2, -0.15) is 0 Å². The lowest BCUT2D eigenvalue weighted by Crippen LogP contribution is -2.57. The van der Waals surface area contributed by atoms with E-state index in [0.717, 1.165) is 4.90 Å². The third-order valence-corrected chi connectivity index (χ3v) is 4.62. The molecule has 2 amide bonds. The number of hydrogen-bond donors (Lipinski definition) is 0. The molecule has 1 aromatic rings. The van der Waals surface area contributed by atoms with Gasteiger partial charge in [-0.25, -0.2) is 8.78 Å². The summed E-state index contributed by atoms with van der Waals surface area (Å²) >= 11 is 0. The molecule has 0 aliphatic carbocycles. The molecule has 0 bridgehead atoms.